The molecule has 1 amide bonds. The van der Waals surface area contributed by atoms with Crippen molar-refractivity contribution in [1.29, 1.82) is 0 Å². The lowest BCUT2D eigenvalue weighted by molar-refractivity contribution is 0.0711. The van der Waals surface area contributed by atoms with Crippen molar-refractivity contribution >= 4 is 16.9 Å². The molecule has 1 saturated heterocycles. The van der Waals surface area contributed by atoms with Crippen LogP contribution in [0.1, 0.15) is 17.3 Å². The summed E-state index contributed by atoms with van der Waals surface area (Å²) >= 11 is 0. The first-order chi connectivity index (χ1) is 9.25. The minimum Gasteiger partial charge on any atom is -0.336 e. The number of hydrogen-bond donors (Lipinski definition) is 1. The second-order valence-electron chi connectivity index (χ2n) is 4.84. The highest BCUT2D eigenvalue weighted by molar-refractivity contribution is 6.04. The Morgan fingerprint density at radius 1 is 1.37 bits per heavy atom. The van der Waals surface area contributed by atoms with Gasteiger partial charge in [0, 0.05) is 38.1 Å². The van der Waals surface area contributed by atoms with Crippen LogP contribution in [0.5, 0.6) is 0 Å². The van der Waals surface area contributed by atoms with Crippen molar-refractivity contribution in [3.8, 4) is 0 Å². The topological polar surface area (TPSA) is 58.1 Å². The van der Waals surface area contributed by atoms with E-state index in [1.165, 1.54) is 0 Å². The van der Waals surface area contributed by atoms with Crippen molar-refractivity contribution in [3.05, 3.63) is 36.2 Å². The summed E-state index contributed by atoms with van der Waals surface area (Å²) in [6, 6.07) is 5.89. The fraction of sp³-hybridized carbons (Fsp3) is 0.357. The first-order valence-electron chi connectivity index (χ1n) is 6.48. The maximum atomic E-state index is 12.6. The number of carbonyl (C=O) groups is 1. The van der Waals surface area contributed by atoms with E-state index in [0.29, 0.717) is 17.1 Å². The molecule has 0 bridgehead atoms. The fourth-order valence-electron chi connectivity index (χ4n) is 2.45. The molecule has 0 aliphatic carbocycles. The van der Waals surface area contributed by atoms with Crippen LogP contribution in [0.25, 0.3) is 11.0 Å². The van der Waals surface area contributed by atoms with Crippen LogP contribution in [0.2, 0.25) is 0 Å². The van der Waals surface area contributed by atoms with Gasteiger partial charge in [-0.15, -0.1) is 0 Å². The first-order valence-corrected chi connectivity index (χ1v) is 6.48. The Morgan fingerprint density at radius 2 is 2.21 bits per heavy atom. The highest BCUT2D eigenvalue weighted by Gasteiger charge is 2.23. The molecule has 0 radical (unpaired) electrons. The zero-order valence-electron chi connectivity index (χ0n) is 10.8. The largest absolute Gasteiger partial charge is 0.336 e. The number of benzene rings is 1. The summed E-state index contributed by atoms with van der Waals surface area (Å²) in [4.78, 5) is 23.0. The molecule has 1 N–H and O–H groups in total. The smallest absolute Gasteiger partial charge is 0.256 e. The van der Waals surface area contributed by atoms with Crippen molar-refractivity contribution in [2.75, 3.05) is 19.6 Å². The Bertz CT molecular complexity index is 608. The molecule has 0 spiro atoms. The molecule has 1 aromatic carbocycles. The Morgan fingerprint density at radius 3 is 3.05 bits per heavy atom. The van der Waals surface area contributed by atoms with E-state index in [4.69, 9.17) is 0 Å². The van der Waals surface area contributed by atoms with Crippen LogP contribution in [0.3, 0.4) is 0 Å². The molecule has 1 atom stereocenters. The van der Waals surface area contributed by atoms with Crippen LogP contribution in [0, 0.1) is 0 Å². The molecular formula is C14H16N4O. The molecule has 1 aromatic heterocycles. The number of hydrogen-bond acceptors (Lipinski definition) is 4. The van der Waals surface area contributed by atoms with Crippen molar-refractivity contribution in [1.82, 2.24) is 20.2 Å². The number of carbonyl (C=O) groups excluding carboxylic acids is 1. The Kier molecular flexibility index (Phi) is 3.13. The lowest BCUT2D eigenvalue weighted by Crippen LogP contribution is -2.51. The van der Waals surface area contributed by atoms with Gasteiger partial charge in [-0.2, -0.15) is 0 Å². The molecule has 0 saturated carbocycles. The van der Waals surface area contributed by atoms with Crippen LogP contribution in [-0.2, 0) is 0 Å². The first kappa shape index (κ1) is 12.0. The lowest BCUT2D eigenvalue weighted by atomic mass is 10.1. The summed E-state index contributed by atoms with van der Waals surface area (Å²) in [5, 5.41) is 3.33. The molecule has 1 unspecified atom stereocenters. The highest BCUT2D eigenvalue weighted by atomic mass is 16.2. The van der Waals surface area contributed by atoms with Crippen LogP contribution in [-0.4, -0.2) is 46.5 Å². The quantitative estimate of drug-likeness (QED) is 0.829. The number of nitrogens with one attached hydrogen (secondary N) is 1. The third-order valence-electron chi connectivity index (χ3n) is 3.39. The molecule has 1 aliphatic rings. The zero-order valence-corrected chi connectivity index (χ0v) is 10.8. The average Bonchev–Trinajstić information content (AvgIpc) is 2.46. The van der Waals surface area contributed by atoms with Gasteiger partial charge in [-0.05, 0) is 19.1 Å². The molecule has 5 nitrogen and oxygen atoms in total. The lowest BCUT2D eigenvalue weighted by Gasteiger charge is -2.32. The van der Waals surface area contributed by atoms with Crippen molar-refractivity contribution in [2.24, 2.45) is 0 Å². The van der Waals surface area contributed by atoms with Gasteiger partial charge in [0.2, 0.25) is 0 Å². The van der Waals surface area contributed by atoms with E-state index in [-0.39, 0.29) is 5.91 Å². The summed E-state index contributed by atoms with van der Waals surface area (Å²) in [5.74, 6) is 0.0412. The number of fused-ring (bicyclic) bond motifs is 1. The van der Waals surface area contributed by atoms with Crippen LogP contribution < -0.4 is 5.32 Å². The predicted octanol–water partition coefficient (Wildman–Crippen LogP) is 1.06. The van der Waals surface area contributed by atoms with Gasteiger partial charge in [-0.3, -0.25) is 14.8 Å². The van der Waals surface area contributed by atoms with E-state index in [1.54, 1.807) is 12.4 Å². The van der Waals surface area contributed by atoms with Gasteiger partial charge in [0.1, 0.15) is 5.52 Å². The summed E-state index contributed by atoms with van der Waals surface area (Å²) in [6.07, 6.45) is 3.27. The Hall–Kier alpha value is -2.01. The molecule has 2 aromatic rings. The maximum Gasteiger partial charge on any atom is 0.256 e. The van der Waals surface area contributed by atoms with Crippen molar-refractivity contribution < 1.29 is 4.79 Å². The minimum absolute atomic E-state index is 0.0412. The Balaban J connectivity index is 1.97. The predicted molar refractivity (Wildman–Crippen MR) is 72.9 cm³/mol. The van der Waals surface area contributed by atoms with Gasteiger partial charge in [-0.1, -0.05) is 6.07 Å². The second-order valence-corrected chi connectivity index (χ2v) is 4.84. The number of aromatic nitrogens is 2. The van der Waals surface area contributed by atoms with Gasteiger partial charge >= 0.3 is 0 Å². The normalized spacial score (nSPS) is 19.6. The summed E-state index contributed by atoms with van der Waals surface area (Å²) in [6.45, 7) is 4.39. The summed E-state index contributed by atoms with van der Waals surface area (Å²) in [5.41, 5.74) is 2.08. The van der Waals surface area contributed by atoms with E-state index < -0.39 is 0 Å². The number of nitrogens with zero attached hydrogens (tertiary/aromatic N) is 3. The molecule has 19 heavy (non-hydrogen) atoms. The van der Waals surface area contributed by atoms with Crippen molar-refractivity contribution in [2.45, 2.75) is 13.0 Å². The van der Waals surface area contributed by atoms with E-state index in [0.717, 1.165) is 25.2 Å². The zero-order chi connectivity index (χ0) is 13.2. The SMILES string of the molecule is CC1CN(C(=O)c2cccc3nccnc23)CCN1. The molecular weight excluding hydrogens is 240 g/mol. The number of rotatable bonds is 1. The number of amides is 1. The molecule has 2 heterocycles. The molecule has 3 rings (SSSR count). The standard InChI is InChI=1S/C14H16N4O/c1-10-9-18(8-7-15-10)14(19)11-3-2-4-12-13(11)17-6-5-16-12/h2-6,10,15H,7-9H2,1H3. The van der Waals surface area contributed by atoms with Gasteiger partial charge in [-0.25, -0.2) is 0 Å². The highest BCUT2D eigenvalue weighted by Crippen LogP contribution is 2.16. The van der Waals surface area contributed by atoms with E-state index in [9.17, 15) is 4.79 Å². The number of piperazine rings is 1. The van der Waals surface area contributed by atoms with E-state index in [2.05, 4.69) is 22.2 Å². The van der Waals surface area contributed by atoms with Crippen molar-refractivity contribution in [3.63, 3.8) is 0 Å². The maximum absolute atomic E-state index is 12.6. The third-order valence-corrected chi connectivity index (χ3v) is 3.39. The summed E-state index contributed by atoms with van der Waals surface area (Å²) < 4.78 is 0. The Labute approximate surface area is 111 Å². The minimum atomic E-state index is 0.0412. The van der Waals surface area contributed by atoms with Crippen LogP contribution in [0.4, 0.5) is 0 Å². The fourth-order valence-corrected chi connectivity index (χ4v) is 2.45. The van der Waals surface area contributed by atoms with Gasteiger partial charge in [0.25, 0.3) is 5.91 Å². The van der Waals surface area contributed by atoms with Gasteiger partial charge < -0.3 is 10.2 Å². The summed E-state index contributed by atoms with van der Waals surface area (Å²) in [7, 11) is 0. The molecule has 1 fully saturated rings. The van der Waals surface area contributed by atoms with Crippen LogP contribution in [0.15, 0.2) is 30.6 Å². The third kappa shape index (κ3) is 2.29. The van der Waals surface area contributed by atoms with Gasteiger partial charge in [0.15, 0.2) is 0 Å². The molecule has 98 valence electrons. The monoisotopic (exact) mass is 256 g/mol. The number of para-hydroxylation sites is 1. The molecule has 5 heteroatoms. The van der Waals surface area contributed by atoms with E-state index in [1.807, 2.05) is 23.1 Å². The molecule has 1 aliphatic heterocycles. The van der Waals surface area contributed by atoms with Crippen LogP contribution >= 0.6 is 0 Å². The second kappa shape index (κ2) is 4.93. The van der Waals surface area contributed by atoms with Gasteiger partial charge in [0.05, 0.1) is 11.1 Å². The average molecular weight is 256 g/mol. The van der Waals surface area contributed by atoms with E-state index >= 15 is 0 Å².